The van der Waals surface area contributed by atoms with E-state index in [9.17, 15) is 0 Å². The Labute approximate surface area is 146 Å². The van der Waals surface area contributed by atoms with Gasteiger partial charge in [-0.25, -0.2) is 0 Å². The van der Waals surface area contributed by atoms with E-state index in [-0.39, 0.29) is 0 Å². The molecular formula is C21H32N2O. The smallest absolute Gasteiger partial charge is 0.119 e. The summed E-state index contributed by atoms with van der Waals surface area (Å²) in [6.45, 7) is 3.61. The lowest BCUT2D eigenvalue weighted by molar-refractivity contribution is 0.309. The van der Waals surface area contributed by atoms with Gasteiger partial charge in [0.15, 0.2) is 0 Å². The predicted octanol–water partition coefficient (Wildman–Crippen LogP) is 4.08. The fraction of sp³-hybridized carbons (Fsp3) is 0.714. The van der Waals surface area contributed by atoms with Crippen LogP contribution in [0, 0.1) is 17.8 Å². The summed E-state index contributed by atoms with van der Waals surface area (Å²) in [7, 11) is 1.73. The van der Waals surface area contributed by atoms with Crippen molar-refractivity contribution in [1.82, 2.24) is 5.32 Å². The van der Waals surface area contributed by atoms with Crippen LogP contribution in [-0.4, -0.2) is 32.8 Å². The number of anilines is 1. The van der Waals surface area contributed by atoms with Crippen molar-refractivity contribution in [2.75, 3.05) is 31.6 Å². The third-order valence-corrected chi connectivity index (χ3v) is 6.83. The molecule has 0 amide bonds. The van der Waals surface area contributed by atoms with Gasteiger partial charge in [0.25, 0.3) is 0 Å². The minimum atomic E-state index is 0.722. The molecule has 132 valence electrons. The molecule has 0 spiro atoms. The van der Waals surface area contributed by atoms with Gasteiger partial charge in [0.05, 0.1) is 7.11 Å². The number of fused-ring (bicyclic) bond motifs is 1. The van der Waals surface area contributed by atoms with Gasteiger partial charge in [0, 0.05) is 24.8 Å². The van der Waals surface area contributed by atoms with Crippen LogP contribution < -0.4 is 15.0 Å². The van der Waals surface area contributed by atoms with E-state index in [0.29, 0.717) is 0 Å². The van der Waals surface area contributed by atoms with E-state index < -0.39 is 0 Å². The van der Waals surface area contributed by atoms with Gasteiger partial charge in [-0.15, -0.1) is 0 Å². The quantitative estimate of drug-likeness (QED) is 0.881. The van der Waals surface area contributed by atoms with Crippen LogP contribution in [-0.2, 0) is 0 Å². The molecule has 0 aromatic heterocycles. The molecule has 1 saturated heterocycles. The SMILES string of the molecule is COc1ccc(N2CCC(NC[C@H]3CC[C@@H]4CCC[C@@H]43)CC2)cc1. The predicted molar refractivity (Wildman–Crippen MR) is 99.8 cm³/mol. The van der Waals surface area contributed by atoms with E-state index in [1.807, 2.05) is 0 Å². The second-order valence-electron chi connectivity index (χ2n) is 8.06. The topological polar surface area (TPSA) is 24.5 Å². The first-order valence-electron chi connectivity index (χ1n) is 9.96. The number of hydrogen-bond donors (Lipinski definition) is 1. The lowest BCUT2D eigenvalue weighted by Crippen LogP contribution is -2.44. The van der Waals surface area contributed by atoms with Crippen molar-refractivity contribution in [2.24, 2.45) is 17.8 Å². The molecule has 1 aliphatic heterocycles. The Bertz CT molecular complexity index is 521. The highest BCUT2D eigenvalue weighted by Gasteiger charge is 2.38. The molecule has 1 aromatic carbocycles. The number of nitrogens with one attached hydrogen (secondary N) is 1. The highest BCUT2D eigenvalue weighted by molar-refractivity contribution is 5.49. The van der Waals surface area contributed by atoms with Crippen LogP contribution in [0.15, 0.2) is 24.3 Å². The average molecular weight is 329 g/mol. The standard InChI is InChI=1S/C21H32N2O/c1-24-20-9-7-19(8-10-20)23-13-11-18(12-14-23)22-15-17-6-5-16-3-2-4-21(16)17/h7-10,16-18,21-22H,2-6,11-15H2,1H3/t16-,17+,21-/m0/s1. The average Bonchev–Trinajstić information content (AvgIpc) is 3.25. The molecule has 0 bridgehead atoms. The summed E-state index contributed by atoms with van der Waals surface area (Å²) < 4.78 is 5.26. The number of methoxy groups -OCH3 is 1. The molecule has 3 heteroatoms. The zero-order chi connectivity index (χ0) is 16.4. The van der Waals surface area contributed by atoms with Crippen molar-refractivity contribution in [3.8, 4) is 5.75 Å². The third-order valence-electron chi connectivity index (χ3n) is 6.83. The van der Waals surface area contributed by atoms with Gasteiger partial charge in [0.1, 0.15) is 5.75 Å². The molecule has 0 unspecified atom stereocenters. The van der Waals surface area contributed by atoms with E-state index in [4.69, 9.17) is 4.74 Å². The first kappa shape index (κ1) is 16.3. The Morgan fingerprint density at radius 2 is 1.79 bits per heavy atom. The Morgan fingerprint density at radius 3 is 2.54 bits per heavy atom. The number of rotatable bonds is 5. The van der Waals surface area contributed by atoms with E-state index in [1.165, 1.54) is 70.3 Å². The first-order valence-corrected chi connectivity index (χ1v) is 9.96. The van der Waals surface area contributed by atoms with Crippen LogP contribution >= 0.6 is 0 Å². The number of hydrogen-bond acceptors (Lipinski definition) is 3. The fourth-order valence-electron chi connectivity index (χ4n) is 5.39. The lowest BCUT2D eigenvalue weighted by atomic mass is 9.91. The van der Waals surface area contributed by atoms with Gasteiger partial charge in [-0.2, -0.15) is 0 Å². The van der Waals surface area contributed by atoms with Crippen LogP contribution in [0.2, 0.25) is 0 Å². The van der Waals surface area contributed by atoms with E-state index >= 15 is 0 Å². The number of nitrogens with zero attached hydrogens (tertiary/aromatic N) is 1. The highest BCUT2D eigenvalue weighted by atomic mass is 16.5. The van der Waals surface area contributed by atoms with Gasteiger partial charge >= 0.3 is 0 Å². The van der Waals surface area contributed by atoms with E-state index in [0.717, 1.165) is 29.5 Å². The largest absolute Gasteiger partial charge is 0.497 e. The maximum atomic E-state index is 5.26. The molecule has 0 radical (unpaired) electrons. The van der Waals surface area contributed by atoms with Crippen LogP contribution in [0.25, 0.3) is 0 Å². The van der Waals surface area contributed by atoms with E-state index in [1.54, 1.807) is 7.11 Å². The Balaban J connectivity index is 1.23. The van der Waals surface area contributed by atoms with Gasteiger partial charge in [-0.1, -0.05) is 12.8 Å². The summed E-state index contributed by atoms with van der Waals surface area (Å²) in [5.74, 6) is 4.04. The second kappa shape index (κ2) is 7.35. The van der Waals surface area contributed by atoms with Crippen molar-refractivity contribution in [1.29, 1.82) is 0 Å². The third kappa shape index (κ3) is 3.42. The maximum Gasteiger partial charge on any atom is 0.119 e. The molecule has 3 fully saturated rings. The van der Waals surface area contributed by atoms with Crippen LogP contribution in [0.5, 0.6) is 5.75 Å². The lowest BCUT2D eigenvalue weighted by Gasteiger charge is -2.35. The molecule has 1 aromatic rings. The second-order valence-corrected chi connectivity index (χ2v) is 8.06. The Hall–Kier alpha value is -1.22. The number of piperidine rings is 1. The molecule has 1 N–H and O–H groups in total. The van der Waals surface area contributed by atoms with Crippen LogP contribution in [0.3, 0.4) is 0 Å². The molecule has 3 nitrogen and oxygen atoms in total. The van der Waals surface area contributed by atoms with Gasteiger partial charge < -0.3 is 15.0 Å². The minimum absolute atomic E-state index is 0.722. The minimum Gasteiger partial charge on any atom is -0.497 e. The summed E-state index contributed by atoms with van der Waals surface area (Å²) in [4.78, 5) is 2.51. The zero-order valence-electron chi connectivity index (χ0n) is 15.0. The molecule has 3 atom stereocenters. The summed E-state index contributed by atoms with van der Waals surface area (Å²) >= 11 is 0. The van der Waals surface area contributed by atoms with Crippen molar-refractivity contribution in [2.45, 2.75) is 51.0 Å². The van der Waals surface area contributed by atoms with Gasteiger partial charge in [0.2, 0.25) is 0 Å². The summed E-state index contributed by atoms with van der Waals surface area (Å²) in [6.07, 6.45) is 10.0. The summed E-state index contributed by atoms with van der Waals surface area (Å²) in [6, 6.07) is 9.23. The molecular weight excluding hydrogens is 296 g/mol. The highest BCUT2D eigenvalue weighted by Crippen LogP contribution is 2.47. The summed E-state index contributed by atoms with van der Waals surface area (Å²) in [5.41, 5.74) is 1.33. The monoisotopic (exact) mass is 328 g/mol. The number of ether oxygens (including phenoxy) is 1. The van der Waals surface area contributed by atoms with Gasteiger partial charge in [-0.05, 0) is 80.7 Å². The van der Waals surface area contributed by atoms with Crippen molar-refractivity contribution in [3.63, 3.8) is 0 Å². The van der Waals surface area contributed by atoms with Crippen molar-refractivity contribution >= 4 is 5.69 Å². The first-order chi connectivity index (χ1) is 11.8. The Kier molecular flexibility index (Phi) is 4.98. The van der Waals surface area contributed by atoms with E-state index in [2.05, 4.69) is 34.5 Å². The van der Waals surface area contributed by atoms with Crippen LogP contribution in [0.1, 0.15) is 44.9 Å². The zero-order valence-corrected chi connectivity index (χ0v) is 15.0. The fourth-order valence-corrected chi connectivity index (χ4v) is 5.39. The van der Waals surface area contributed by atoms with Crippen LogP contribution in [0.4, 0.5) is 5.69 Å². The normalized spacial score (nSPS) is 30.5. The van der Waals surface area contributed by atoms with Crippen molar-refractivity contribution in [3.05, 3.63) is 24.3 Å². The Morgan fingerprint density at radius 1 is 1.00 bits per heavy atom. The van der Waals surface area contributed by atoms with Gasteiger partial charge in [-0.3, -0.25) is 0 Å². The molecule has 1 heterocycles. The summed E-state index contributed by atoms with van der Waals surface area (Å²) in [5, 5.41) is 3.92. The molecule has 4 rings (SSSR count). The number of benzene rings is 1. The molecule has 2 aliphatic carbocycles. The maximum absolute atomic E-state index is 5.26. The molecule has 2 saturated carbocycles. The molecule has 24 heavy (non-hydrogen) atoms. The molecule has 3 aliphatic rings. The van der Waals surface area contributed by atoms with Crippen molar-refractivity contribution < 1.29 is 4.74 Å².